The topological polar surface area (TPSA) is 18.5 Å². The Morgan fingerprint density at radius 2 is 1.69 bits per heavy atom. The van der Waals surface area contributed by atoms with Crippen LogP contribution in [0.1, 0.15) is 31.7 Å². The summed E-state index contributed by atoms with van der Waals surface area (Å²) in [6.07, 6.45) is 3.00. The minimum absolute atomic E-state index is 0.0498. The minimum atomic E-state index is -0.161. The molecule has 0 saturated heterocycles. The molecule has 2 heteroatoms. The monoisotopic (exact) mass is 220 g/mol. The van der Waals surface area contributed by atoms with Gasteiger partial charge in [-0.2, -0.15) is 0 Å². The van der Waals surface area contributed by atoms with E-state index < -0.39 is 0 Å². The van der Waals surface area contributed by atoms with Crippen molar-refractivity contribution in [2.45, 2.75) is 37.4 Å². The Kier molecular flexibility index (Phi) is 3.04. The SMILES string of the molecule is COC1(C)CC[C@](OC)(c2ccccc2)C1. The van der Waals surface area contributed by atoms with Crippen molar-refractivity contribution in [3.05, 3.63) is 35.9 Å². The molecule has 2 nitrogen and oxygen atoms in total. The first-order valence-corrected chi connectivity index (χ1v) is 5.80. The number of ether oxygens (including phenoxy) is 2. The summed E-state index contributed by atoms with van der Waals surface area (Å²) in [5.74, 6) is 0. The molecule has 16 heavy (non-hydrogen) atoms. The molecular weight excluding hydrogens is 200 g/mol. The van der Waals surface area contributed by atoms with Crippen LogP contribution in [0, 0.1) is 0 Å². The third kappa shape index (κ3) is 1.87. The highest BCUT2D eigenvalue weighted by molar-refractivity contribution is 5.25. The summed E-state index contributed by atoms with van der Waals surface area (Å²) >= 11 is 0. The predicted molar refractivity (Wildman–Crippen MR) is 64.4 cm³/mol. The average molecular weight is 220 g/mol. The van der Waals surface area contributed by atoms with E-state index in [9.17, 15) is 0 Å². The quantitative estimate of drug-likeness (QED) is 0.779. The molecule has 88 valence electrons. The first-order chi connectivity index (χ1) is 7.64. The molecule has 1 unspecified atom stereocenters. The lowest BCUT2D eigenvalue weighted by Crippen LogP contribution is -2.30. The van der Waals surface area contributed by atoms with Gasteiger partial charge in [0.05, 0.1) is 11.2 Å². The van der Waals surface area contributed by atoms with E-state index >= 15 is 0 Å². The lowest BCUT2D eigenvalue weighted by atomic mass is 9.90. The highest BCUT2D eigenvalue weighted by Gasteiger charge is 2.47. The van der Waals surface area contributed by atoms with Crippen molar-refractivity contribution in [3.63, 3.8) is 0 Å². The number of hydrogen-bond donors (Lipinski definition) is 0. The molecule has 2 atom stereocenters. The van der Waals surface area contributed by atoms with E-state index in [1.807, 2.05) is 6.07 Å². The van der Waals surface area contributed by atoms with Crippen molar-refractivity contribution >= 4 is 0 Å². The van der Waals surface area contributed by atoms with Gasteiger partial charge in [-0.25, -0.2) is 0 Å². The smallest absolute Gasteiger partial charge is 0.0955 e. The summed E-state index contributed by atoms with van der Waals surface area (Å²) in [7, 11) is 3.59. The standard InChI is InChI=1S/C14H20O2/c1-13(15-2)9-10-14(11-13,16-3)12-7-5-4-6-8-12/h4-8H,9-11H2,1-3H3/t13?,14-/m1/s1. The number of hydrogen-bond acceptors (Lipinski definition) is 2. The Balaban J connectivity index is 2.30. The van der Waals surface area contributed by atoms with Gasteiger partial charge in [0.25, 0.3) is 0 Å². The van der Waals surface area contributed by atoms with Crippen LogP contribution >= 0.6 is 0 Å². The van der Waals surface area contributed by atoms with E-state index in [-0.39, 0.29) is 11.2 Å². The van der Waals surface area contributed by atoms with Crippen LogP contribution in [-0.2, 0) is 15.1 Å². The van der Waals surface area contributed by atoms with E-state index in [0.717, 1.165) is 19.3 Å². The van der Waals surface area contributed by atoms with Crippen LogP contribution in [0.2, 0.25) is 0 Å². The molecule has 0 bridgehead atoms. The molecule has 1 aromatic rings. The predicted octanol–water partition coefficient (Wildman–Crippen LogP) is 3.12. The Morgan fingerprint density at radius 1 is 1.00 bits per heavy atom. The van der Waals surface area contributed by atoms with Crippen molar-refractivity contribution in [2.24, 2.45) is 0 Å². The van der Waals surface area contributed by atoms with Gasteiger partial charge in [-0.05, 0) is 25.3 Å². The van der Waals surface area contributed by atoms with E-state index in [4.69, 9.17) is 9.47 Å². The van der Waals surface area contributed by atoms with E-state index in [0.29, 0.717) is 0 Å². The fraction of sp³-hybridized carbons (Fsp3) is 0.571. The lowest BCUT2D eigenvalue weighted by Gasteiger charge is -2.31. The Morgan fingerprint density at radius 3 is 2.19 bits per heavy atom. The van der Waals surface area contributed by atoms with E-state index in [1.165, 1.54) is 5.56 Å². The van der Waals surface area contributed by atoms with Crippen molar-refractivity contribution < 1.29 is 9.47 Å². The largest absolute Gasteiger partial charge is 0.378 e. The number of rotatable bonds is 3. The molecule has 1 saturated carbocycles. The molecule has 1 aliphatic rings. The zero-order chi connectivity index (χ0) is 11.6. The first-order valence-electron chi connectivity index (χ1n) is 5.80. The molecule has 0 N–H and O–H groups in total. The van der Waals surface area contributed by atoms with Crippen LogP contribution in [0.15, 0.2) is 30.3 Å². The van der Waals surface area contributed by atoms with E-state index in [2.05, 4.69) is 31.2 Å². The highest BCUT2D eigenvalue weighted by atomic mass is 16.5. The third-order valence-electron chi connectivity index (χ3n) is 3.90. The Hall–Kier alpha value is -0.860. The van der Waals surface area contributed by atoms with Crippen LogP contribution < -0.4 is 0 Å². The van der Waals surface area contributed by atoms with E-state index in [1.54, 1.807) is 14.2 Å². The zero-order valence-corrected chi connectivity index (χ0v) is 10.3. The molecule has 2 rings (SSSR count). The van der Waals surface area contributed by atoms with Crippen molar-refractivity contribution in [3.8, 4) is 0 Å². The maximum atomic E-state index is 5.80. The molecule has 0 spiro atoms. The summed E-state index contributed by atoms with van der Waals surface area (Å²) in [4.78, 5) is 0. The van der Waals surface area contributed by atoms with Gasteiger partial charge in [0.2, 0.25) is 0 Å². The summed E-state index contributed by atoms with van der Waals surface area (Å²) in [5.41, 5.74) is 1.05. The molecule has 0 aromatic heterocycles. The van der Waals surface area contributed by atoms with Gasteiger partial charge in [-0.3, -0.25) is 0 Å². The normalized spacial score (nSPS) is 34.2. The van der Waals surface area contributed by atoms with Crippen molar-refractivity contribution in [1.82, 2.24) is 0 Å². The summed E-state index contributed by atoms with van der Waals surface area (Å²) in [6.45, 7) is 2.16. The van der Waals surface area contributed by atoms with Crippen molar-refractivity contribution in [2.75, 3.05) is 14.2 Å². The molecule has 1 aliphatic carbocycles. The van der Waals surface area contributed by atoms with Gasteiger partial charge in [-0.15, -0.1) is 0 Å². The molecule has 0 amide bonds. The number of methoxy groups -OCH3 is 2. The summed E-state index contributed by atoms with van der Waals surface area (Å²) in [5, 5.41) is 0. The maximum Gasteiger partial charge on any atom is 0.0955 e. The van der Waals surface area contributed by atoms with Gasteiger partial charge in [-0.1, -0.05) is 30.3 Å². The summed E-state index contributed by atoms with van der Waals surface area (Å²) in [6, 6.07) is 10.5. The fourth-order valence-corrected chi connectivity index (χ4v) is 2.70. The van der Waals surface area contributed by atoms with Gasteiger partial charge in [0.15, 0.2) is 0 Å². The second-order valence-electron chi connectivity index (χ2n) is 4.90. The highest BCUT2D eigenvalue weighted by Crippen LogP contribution is 2.47. The average Bonchev–Trinajstić information content (AvgIpc) is 2.71. The maximum absolute atomic E-state index is 5.80. The molecule has 0 aliphatic heterocycles. The van der Waals surface area contributed by atoms with Crippen LogP contribution in [0.4, 0.5) is 0 Å². The van der Waals surface area contributed by atoms with Crippen LogP contribution in [0.25, 0.3) is 0 Å². The third-order valence-corrected chi connectivity index (χ3v) is 3.90. The summed E-state index contributed by atoms with van der Waals surface area (Å²) < 4.78 is 11.4. The fourth-order valence-electron chi connectivity index (χ4n) is 2.70. The zero-order valence-electron chi connectivity index (χ0n) is 10.3. The van der Waals surface area contributed by atoms with Gasteiger partial charge in [0, 0.05) is 20.6 Å². The Bertz CT molecular complexity index is 349. The molecule has 0 heterocycles. The van der Waals surface area contributed by atoms with Gasteiger partial charge < -0.3 is 9.47 Å². The van der Waals surface area contributed by atoms with Gasteiger partial charge >= 0.3 is 0 Å². The number of benzene rings is 1. The van der Waals surface area contributed by atoms with Gasteiger partial charge in [0.1, 0.15) is 0 Å². The van der Waals surface area contributed by atoms with Crippen LogP contribution in [-0.4, -0.2) is 19.8 Å². The molecule has 1 aromatic carbocycles. The molecular formula is C14H20O2. The Labute approximate surface area is 97.6 Å². The molecule has 0 radical (unpaired) electrons. The lowest BCUT2D eigenvalue weighted by molar-refractivity contribution is -0.0503. The van der Waals surface area contributed by atoms with Crippen LogP contribution in [0.5, 0.6) is 0 Å². The minimum Gasteiger partial charge on any atom is -0.378 e. The second kappa shape index (κ2) is 4.19. The van der Waals surface area contributed by atoms with Crippen LogP contribution in [0.3, 0.4) is 0 Å². The van der Waals surface area contributed by atoms with Crippen molar-refractivity contribution in [1.29, 1.82) is 0 Å². The first kappa shape index (κ1) is 11.6. The molecule has 1 fully saturated rings. The second-order valence-corrected chi connectivity index (χ2v) is 4.90.